The average Bonchev–Trinajstić information content (AvgIpc) is 3.39. The predicted octanol–water partition coefficient (Wildman–Crippen LogP) is 5.81. The van der Waals surface area contributed by atoms with E-state index in [9.17, 15) is 9.59 Å². The molecule has 3 aromatic carbocycles. The molecule has 0 bridgehead atoms. The van der Waals surface area contributed by atoms with E-state index >= 15 is 0 Å². The van der Waals surface area contributed by atoms with Gasteiger partial charge in [0.05, 0.1) is 12.5 Å². The monoisotopic (exact) mass is 498 g/mol. The standard InChI is InChI=1S/C29H30N4O4/c1-19(2)18-25(31-24-14-12-21(13-15-24)27(36)30-17-16-26(34)35)20-8-10-23(11-9-20)29-33-32-28(37-29)22-6-4-3-5-7-22/h3-15,19,25,31H,16-18H2,1-2H3,(H,30,36)(H,34,35). The third-order valence-electron chi connectivity index (χ3n) is 5.83. The molecular formula is C29H30N4O4. The van der Waals surface area contributed by atoms with E-state index < -0.39 is 5.97 Å². The van der Waals surface area contributed by atoms with Crippen molar-refractivity contribution in [2.75, 3.05) is 11.9 Å². The van der Waals surface area contributed by atoms with Gasteiger partial charge in [-0.3, -0.25) is 9.59 Å². The SMILES string of the molecule is CC(C)CC(Nc1ccc(C(=O)NCCC(=O)O)cc1)c1ccc(-c2nnc(-c3ccccc3)o2)cc1. The molecule has 0 radical (unpaired) electrons. The maximum atomic E-state index is 12.2. The Hall–Kier alpha value is -4.46. The van der Waals surface area contributed by atoms with Crippen molar-refractivity contribution in [1.29, 1.82) is 0 Å². The highest BCUT2D eigenvalue weighted by Crippen LogP contribution is 2.29. The van der Waals surface area contributed by atoms with Crippen LogP contribution in [-0.4, -0.2) is 33.7 Å². The van der Waals surface area contributed by atoms with Crippen molar-refractivity contribution in [2.45, 2.75) is 32.7 Å². The highest BCUT2D eigenvalue weighted by molar-refractivity contribution is 5.94. The van der Waals surface area contributed by atoms with E-state index in [-0.39, 0.29) is 24.9 Å². The van der Waals surface area contributed by atoms with Gasteiger partial charge in [-0.15, -0.1) is 10.2 Å². The molecule has 37 heavy (non-hydrogen) atoms. The molecule has 1 heterocycles. The first-order valence-corrected chi connectivity index (χ1v) is 12.2. The van der Waals surface area contributed by atoms with Gasteiger partial charge in [-0.1, -0.05) is 44.2 Å². The lowest BCUT2D eigenvalue weighted by molar-refractivity contribution is -0.136. The molecule has 3 N–H and O–H groups in total. The molecule has 4 rings (SSSR count). The van der Waals surface area contributed by atoms with E-state index in [0.717, 1.165) is 28.8 Å². The van der Waals surface area contributed by atoms with Crippen molar-refractivity contribution >= 4 is 17.6 Å². The quantitative estimate of drug-likeness (QED) is 0.239. The largest absolute Gasteiger partial charge is 0.481 e. The zero-order chi connectivity index (χ0) is 26.2. The number of benzene rings is 3. The molecule has 0 aliphatic heterocycles. The average molecular weight is 499 g/mol. The van der Waals surface area contributed by atoms with Gasteiger partial charge in [0, 0.05) is 28.9 Å². The molecule has 1 amide bonds. The molecule has 0 spiro atoms. The number of rotatable bonds is 11. The van der Waals surface area contributed by atoms with Crippen LogP contribution in [0.4, 0.5) is 5.69 Å². The number of anilines is 1. The van der Waals surface area contributed by atoms with Crippen LogP contribution in [0.25, 0.3) is 22.9 Å². The molecule has 8 heteroatoms. The maximum Gasteiger partial charge on any atom is 0.305 e. The van der Waals surface area contributed by atoms with Crippen molar-refractivity contribution in [1.82, 2.24) is 15.5 Å². The molecule has 0 saturated carbocycles. The number of carboxylic acid groups (broad SMARTS) is 1. The van der Waals surface area contributed by atoms with Gasteiger partial charge in [-0.05, 0) is 66.4 Å². The van der Waals surface area contributed by atoms with E-state index in [1.54, 1.807) is 12.1 Å². The number of nitrogens with zero attached hydrogens (tertiary/aromatic N) is 2. The van der Waals surface area contributed by atoms with E-state index in [0.29, 0.717) is 23.3 Å². The highest BCUT2D eigenvalue weighted by atomic mass is 16.4. The van der Waals surface area contributed by atoms with Gasteiger partial charge in [0.1, 0.15) is 0 Å². The molecule has 0 saturated heterocycles. The predicted molar refractivity (Wildman–Crippen MR) is 142 cm³/mol. The number of carboxylic acids is 1. The Morgan fingerprint density at radius 2 is 1.49 bits per heavy atom. The molecule has 8 nitrogen and oxygen atoms in total. The molecule has 190 valence electrons. The fourth-order valence-corrected chi connectivity index (χ4v) is 3.95. The zero-order valence-corrected chi connectivity index (χ0v) is 20.8. The summed E-state index contributed by atoms with van der Waals surface area (Å²) in [5.41, 5.74) is 4.22. The molecule has 4 aromatic rings. The summed E-state index contributed by atoms with van der Waals surface area (Å²) in [6.07, 6.45) is 0.803. The molecule has 1 aromatic heterocycles. The Labute approximate surface area is 215 Å². The number of carbonyl (C=O) groups is 2. The lowest BCUT2D eigenvalue weighted by Crippen LogP contribution is -2.25. The Morgan fingerprint density at radius 3 is 2.08 bits per heavy atom. The first-order chi connectivity index (χ1) is 17.9. The fourth-order valence-electron chi connectivity index (χ4n) is 3.95. The Morgan fingerprint density at radius 1 is 0.865 bits per heavy atom. The van der Waals surface area contributed by atoms with Crippen LogP contribution in [0.2, 0.25) is 0 Å². The minimum absolute atomic E-state index is 0.0619. The second kappa shape index (κ2) is 12.0. The van der Waals surface area contributed by atoms with Crippen LogP contribution in [0.1, 0.15) is 48.7 Å². The summed E-state index contributed by atoms with van der Waals surface area (Å²) in [6, 6.07) is 25.0. The van der Waals surface area contributed by atoms with E-state index in [1.165, 1.54) is 0 Å². The number of hydrogen-bond donors (Lipinski definition) is 3. The zero-order valence-electron chi connectivity index (χ0n) is 20.8. The number of carbonyl (C=O) groups excluding carboxylic acids is 1. The van der Waals surface area contributed by atoms with Gasteiger partial charge in [0.15, 0.2) is 0 Å². The molecule has 0 fully saturated rings. The lowest BCUT2D eigenvalue weighted by Gasteiger charge is -2.22. The van der Waals surface area contributed by atoms with Gasteiger partial charge in [0.2, 0.25) is 11.8 Å². The van der Waals surface area contributed by atoms with Crippen molar-refractivity contribution in [3.05, 3.63) is 90.0 Å². The van der Waals surface area contributed by atoms with Crippen molar-refractivity contribution in [2.24, 2.45) is 5.92 Å². The first-order valence-electron chi connectivity index (χ1n) is 12.2. The van der Waals surface area contributed by atoms with Gasteiger partial charge in [-0.2, -0.15) is 0 Å². The van der Waals surface area contributed by atoms with E-state index in [2.05, 4.69) is 46.8 Å². The summed E-state index contributed by atoms with van der Waals surface area (Å²) in [5.74, 6) is 0.173. The summed E-state index contributed by atoms with van der Waals surface area (Å²) < 4.78 is 5.88. The fraction of sp³-hybridized carbons (Fsp3) is 0.241. The van der Waals surface area contributed by atoms with Crippen LogP contribution >= 0.6 is 0 Å². The lowest BCUT2D eigenvalue weighted by atomic mass is 9.96. The van der Waals surface area contributed by atoms with Crippen LogP contribution in [0.3, 0.4) is 0 Å². The Kier molecular flexibility index (Phi) is 8.30. The van der Waals surface area contributed by atoms with Crippen molar-refractivity contribution < 1.29 is 19.1 Å². The first kappa shape index (κ1) is 25.6. The Balaban J connectivity index is 1.44. The topological polar surface area (TPSA) is 117 Å². The summed E-state index contributed by atoms with van der Waals surface area (Å²) in [4.78, 5) is 22.8. The molecule has 0 aliphatic rings. The smallest absolute Gasteiger partial charge is 0.305 e. The molecule has 1 unspecified atom stereocenters. The van der Waals surface area contributed by atoms with E-state index in [4.69, 9.17) is 9.52 Å². The van der Waals surface area contributed by atoms with Gasteiger partial charge in [-0.25, -0.2) is 0 Å². The van der Waals surface area contributed by atoms with Crippen LogP contribution in [0, 0.1) is 5.92 Å². The summed E-state index contributed by atoms with van der Waals surface area (Å²) in [7, 11) is 0. The summed E-state index contributed by atoms with van der Waals surface area (Å²) in [5, 5.41) is 23.3. The summed E-state index contributed by atoms with van der Waals surface area (Å²) in [6.45, 7) is 4.45. The van der Waals surface area contributed by atoms with E-state index in [1.807, 2.05) is 54.6 Å². The van der Waals surface area contributed by atoms with Gasteiger partial charge < -0.3 is 20.2 Å². The second-order valence-corrected chi connectivity index (χ2v) is 9.20. The van der Waals surface area contributed by atoms with Gasteiger partial charge in [0.25, 0.3) is 5.91 Å². The molecule has 1 atom stereocenters. The van der Waals surface area contributed by atoms with Crippen LogP contribution in [-0.2, 0) is 4.79 Å². The summed E-state index contributed by atoms with van der Waals surface area (Å²) >= 11 is 0. The number of nitrogens with one attached hydrogen (secondary N) is 2. The minimum Gasteiger partial charge on any atom is -0.481 e. The van der Waals surface area contributed by atoms with Crippen LogP contribution < -0.4 is 10.6 Å². The van der Waals surface area contributed by atoms with Crippen LogP contribution in [0.5, 0.6) is 0 Å². The normalized spacial score (nSPS) is 11.8. The third kappa shape index (κ3) is 7.04. The third-order valence-corrected chi connectivity index (χ3v) is 5.83. The van der Waals surface area contributed by atoms with Gasteiger partial charge >= 0.3 is 5.97 Å². The van der Waals surface area contributed by atoms with Crippen molar-refractivity contribution in [3.63, 3.8) is 0 Å². The number of hydrogen-bond acceptors (Lipinski definition) is 6. The maximum absolute atomic E-state index is 12.2. The van der Waals surface area contributed by atoms with Crippen LogP contribution in [0.15, 0.2) is 83.3 Å². The number of aromatic nitrogens is 2. The highest BCUT2D eigenvalue weighted by Gasteiger charge is 2.16. The minimum atomic E-state index is -0.946. The van der Waals surface area contributed by atoms with Crippen molar-refractivity contribution in [3.8, 4) is 22.9 Å². The molecular weight excluding hydrogens is 468 g/mol. The Bertz CT molecular complexity index is 1320. The number of amides is 1. The second-order valence-electron chi connectivity index (χ2n) is 9.20. The molecule has 0 aliphatic carbocycles. The number of aliphatic carboxylic acids is 1.